The summed E-state index contributed by atoms with van der Waals surface area (Å²) in [6.45, 7) is 1.92. The monoisotopic (exact) mass is 372 g/mol. The molecule has 0 spiro atoms. The number of rotatable bonds is 4. The van der Waals surface area contributed by atoms with Gasteiger partial charge in [-0.3, -0.25) is 9.59 Å². The van der Waals surface area contributed by atoms with Crippen LogP contribution in [-0.2, 0) is 4.79 Å². The molecule has 1 saturated carbocycles. The van der Waals surface area contributed by atoms with Crippen molar-refractivity contribution in [1.29, 1.82) is 0 Å². The van der Waals surface area contributed by atoms with Gasteiger partial charge in [0, 0.05) is 27.3 Å². The van der Waals surface area contributed by atoms with Crippen molar-refractivity contribution in [2.75, 3.05) is 10.6 Å². The summed E-state index contributed by atoms with van der Waals surface area (Å²) in [7, 11) is 0. The van der Waals surface area contributed by atoms with Crippen LogP contribution in [0, 0.1) is 12.8 Å². The maximum atomic E-state index is 12.3. The summed E-state index contributed by atoms with van der Waals surface area (Å²) in [5.74, 6) is 0.0300. The van der Waals surface area contributed by atoms with Crippen molar-refractivity contribution in [3.63, 3.8) is 0 Å². The van der Waals surface area contributed by atoms with E-state index in [-0.39, 0.29) is 17.7 Å². The molecule has 23 heavy (non-hydrogen) atoms. The molecule has 1 aliphatic rings. The summed E-state index contributed by atoms with van der Waals surface area (Å²) in [5, 5.41) is 5.79. The predicted octanol–water partition coefficient (Wildman–Crippen LogP) is 4.36. The smallest absolute Gasteiger partial charge is 0.255 e. The second-order valence-corrected chi connectivity index (χ2v) is 6.67. The van der Waals surface area contributed by atoms with E-state index in [0.717, 1.165) is 22.9 Å². The lowest BCUT2D eigenvalue weighted by molar-refractivity contribution is -0.117. The van der Waals surface area contributed by atoms with Crippen LogP contribution >= 0.6 is 15.9 Å². The van der Waals surface area contributed by atoms with Crippen LogP contribution in [0.1, 0.15) is 28.8 Å². The van der Waals surface area contributed by atoms with Crippen molar-refractivity contribution in [3.8, 4) is 0 Å². The third-order valence-corrected chi connectivity index (χ3v) is 4.34. The maximum absolute atomic E-state index is 12.3. The first-order valence-electron chi connectivity index (χ1n) is 7.51. The largest absolute Gasteiger partial charge is 0.326 e. The zero-order chi connectivity index (χ0) is 16.4. The number of aryl methyl sites for hydroxylation is 1. The molecule has 0 heterocycles. The summed E-state index contributed by atoms with van der Waals surface area (Å²) in [5.41, 5.74) is 2.94. The van der Waals surface area contributed by atoms with E-state index < -0.39 is 0 Å². The van der Waals surface area contributed by atoms with E-state index in [2.05, 4.69) is 26.6 Å². The van der Waals surface area contributed by atoms with Crippen LogP contribution in [-0.4, -0.2) is 11.8 Å². The van der Waals surface area contributed by atoms with E-state index in [1.807, 2.05) is 31.2 Å². The Kier molecular flexibility index (Phi) is 4.48. The van der Waals surface area contributed by atoms with Gasteiger partial charge in [0.15, 0.2) is 0 Å². The minimum Gasteiger partial charge on any atom is -0.326 e. The molecule has 0 aromatic heterocycles. The molecule has 4 nitrogen and oxygen atoms in total. The normalized spacial score (nSPS) is 13.5. The van der Waals surface area contributed by atoms with Crippen molar-refractivity contribution in [3.05, 3.63) is 58.1 Å². The summed E-state index contributed by atoms with van der Waals surface area (Å²) in [4.78, 5) is 24.2. The Balaban J connectivity index is 1.74. The highest BCUT2D eigenvalue weighted by Crippen LogP contribution is 2.31. The Labute approximate surface area is 143 Å². The molecular weight excluding hydrogens is 356 g/mol. The van der Waals surface area contributed by atoms with Gasteiger partial charge in [0.1, 0.15) is 0 Å². The molecule has 118 valence electrons. The van der Waals surface area contributed by atoms with Gasteiger partial charge in [-0.05, 0) is 61.7 Å². The topological polar surface area (TPSA) is 58.2 Å². The molecule has 2 N–H and O–H groups in total. The Morgan fingerprint density at radius 3 is 2.39 bits per heavy atom. The lowest BCUT2D eigenvalue weighted by Gasteiger charge is -2.11. The number of carbonyl (C=O) groups excluding carboxylic acids is 2. The van der Waals surface area contributed by atoms with Crippen molar-refractivity contribution in [1.82, 2.24) is 0 Å². The van der Waals surface area contributed by atoms with Crippen LogP contribution in [0.5, 0.6) is 0 Å². The van der Waals surface area contributed by atoms with Gasteiger partial charge in [-0.2, -0.15) is 0 Å². The van der Waals surface area contributed by atoms with E-state index >= 15 is 0 Å². The van der Waals surface area contributed by atoms with E-state index in [0.29, 0.717) is 16.9 Å². The number of hydrogen-bond donors (Lipinski definition) is 2. The van der Waals surface area contributed by atoms with Crippen LogP contribution in [0.3, 0.4) is 0 Å². The number of benzene rings is 2. The van der Waals surface area contributed by atoms with Crippen LogP contribution in [0.4, 0.5) is 11.4 Å². The fourth-order valence-corrected chi connectivity index (χ4v) is 2.48. The molecule has 2 amide bonds. The molecule has 0 bridgehead atoms. The van der Waals surface area contributed by atoms with E-state index in [4.69, 9.17) is 0 Å². The highest BCUT2D eigenvalue weighted by molar-refractivity contribution is 9.10. The predicted molar refractivity (Wildman–Crippen MR) is 94.6 cm³/mol. The number of nitrogens with one attached hydrogen (secondary N) is 2. The third-order valence-electron chi connectivity index (χ3n) is 3.81. The summed E-state index contributed by atoms with van der Waals surface area (Å²) >= 11 is 3.35. The number of carbonyl (C=O) groups is 2. The van der Waals surface area contributed by atoms with Gasteiger partial charge in [-0.25, -0.2) is 0 Å². The lowest BCUT2D eigenvalue weighted by atomic mass is 10.1. The zero-order valence-electron chi connectivity index (χ0n) is 12.7. The Hall–Kier alpha value is -2.14. The molecule has 1 fully saturated rings. The molecule has 2 aromatic carbocycles. The highest BCUT2D eigenvalue weighted by Gasteiger charge is 2.29. The molecular formula is C18H17BrN2O2. The van der Waals surface area contributed by atoms with Gasteiger partial charge < -0.3 is 10.6 Å². The number of amides is 2. The lowest BCUT2D eigenvalue weighted by Crippen LogP contribution is -2.15. The second-order valence-electron chi connectivity index (χ2n) is 5.75. The highest BCUT2D eigenvalue weighted by atomic mass is 79.9. The molecule has 0 aliphatic heterocycles. The molecule has 0 atom stereocenters. The molecule has 2 aromatic rings. The van der Waals surface area contributed by atoms with Crippen LogP contribution < -0.4 is 10.6 Å². The SMILES string of the molecule is Cc1ccc(NC(=O)C2CC2)cc1NC(=O)c1ccc(Br)cc1. The number of halogens is 1. The van der Waals surface area contributed by atoms with Gasteiger partial charge in [-0.15, -0.1) is 0 Å². The first-order chi connectivity index (χ1) is 11.0. The second kappa shape index (κ2) is 6.54. The average molecular weight is 373 g/mol. The molecule has 3 rings (SSSR count). The first-order valence-corrected chi connectivity index (χ1v) is 8.30. The summed E-state index contributed by atoms with van der Waals surface area (Å²) in [6.07, 6.45) is 1.93. The third kappa shape index (κ3) is 3.99. The average Bonchev–Trinajstić information content (AvgIpc) is 3.36. The number of hydrogen-bond acceptors (Lipinski definition) is 2. The minimum atomic E-state index is -0.175. The quantitative estimate of drug-likeness (QED) is 0.837. The fraction of sp³-hybridized carbons (Fsp3) is 0.222. The fourth-order valence-electron chi connectivity index (χ4n) is 2.22. The van der Waals surface area contributed by atoms with E-state index in [1.54, 1.807) is 18.2 Å². The van der Waals surface area contributed by atoms with Gasteiger partial charge >= 0.3 is 0 Å². The molecule has 5 heteroatoms. The van der Waals surface area contributed by atoms with Crippen LogP contribution in [0.25, 0.3) is 0 Å². The van der Waals surface area contributed by atoms with Crippen molar-refractivity contribution in [2.24, 2.45) is 5.92 Å². The summed E-state index contributed by atoms with van der Waals surface area (Å²) in [6, 6.07) is 12.7. The van der Waals surface area contributed by atoms with Gasteiger partial charge in [0.25, 0.3) is 5.91 Å². The van der Waals surface area contributed by atoms with E-state index in [1.165, 1.54) is 0 Å². The van der Waals surface area contributed by atoms with Gasteiger partial charge in [0.2, 0.25) is 5.91 Å². The van der Waals surface area contributed by atoms with Gasteiger partial charge in [-0.1, -0.05) is 22.0 Å². The molecule has 0 radical (unpaired) electrons. The van der Waals surface area contributed by atoms with Crippen molar-refractivity contribution < 1.29 is 9.59 Å². The van der Waals surface area contributed by atoms with E-state index in [9.17, 15) is 9.59 Å². The van der Waals surface area contributed by atoms with Crippen molar-refractivity contribution in [2.45, 2.75) is 19.8 Å². The number of anilines is 2. The van der Waals surface area contributed by atoms with Gasteiger partial charge in [0.05, 0.1) is 0 Å². The summed E-state index contributed by atoms with van der Waals surface area (Å²) < 4.78 is 0.926. The molecule has 0 saturated heterocycles. The van der Waals surface area contributed by atoms with Crippen LogP contribution in [0.2, 0.25) is 0 Å². The Morgan fingerprint density at radius 2 is 1.74 bits per heavy atom. The Bertz CT molecular complexity index is 752. The van der Waals surface area contributed by atoms with Crippen LogP contribution in [0.15, 0.2) is 46.9 Å². The molecule has 0 unspecified atom stereocenters. The Morgan fingerprint density at radius 1 is 1.04 bits per heavy atom. The zero-order valence-corrected chi connectivity index (χ0v) is 14.3. The maximum Gasteiger partial charge on any atom is 0.255 e. The molecule has 1 aliphatic carbocycles. The minimum absolute atomic E-state index is 0.0547. The van der Waals surface area contributed by atoms with Crippen molar-refractivity contribution >= 4 is 39.1 Å². The first kappa shape index (κ1) is 15.7. The standard InChI is InChI=1S/C18H17BrN2O2/c1-11-2-9-15(20-17(22)12-3-4-12)10-16(11)21-18(23)13-5-7-14(19)8-6-13/h2,5-10,12H,3-4H2,1H3,(H,20,22)(H,21,23).